The van der Waals surface area contributed by atoms with E-state index in [2.05, 4.69) is 20.7 Å². The molecule has 0 saturated carbocycles. The molecule has 1 heterocycles. The fraction of sp³-hybridized carbons (Fsp3) is 0.0909. The molecule has 2 rings (SSSR count). The van der Waals surface area contributed by atoms with Crippen molar-refractivity contribution in [2.75, 3.05) is 10.7 Å². The maximum absolute atomic E-state index is 12.4. The summed E-state index contributed by atoms with van der Waals surface area (Å²) in [6.07, 6.45) is 1.51. The lowest BCUT2D eigenvalue weighted by Crippen LogP contribution is -2.10. The van der Waals surface area contributed by atoms with Gasteiger partial charge in [0.05, 0.1) is 5.69 Å². The molecule has 2 aromatic rings. The summed E-state index contributed by atoms with van der Waals surface area (Å²) in [6, 6.07) is 8.37. The zero-order chi connectivity index (χ0) is 13.7. The predicted octanol–water partition coefficient (Wildman–Crippen LogP) is 2.82. The molecular weight excluding hydrogens is 272 g/mol. The Hall–Kier alpha value is -1.93. The highest BCUT2D eigenvalue weighted by Crippen LogP contribution is 2.32. The summed E-state index contributed by atoms with van der Waals surface area (Å²) in [5, 5.41) is 2.95. The van der Waals surface area contributed by atoms with Gasteiger partial charge in [-0.15, -0.1) is 0 Å². The number of thioether (sulfide) groups is 1. The number of alkyl halides is 2. The van der Waals surface area contributed by atoms with Crippen LogP contribution in [-0.4, -0.2) is 15.7 Å². The van der Waals surface area contributed by atoms with Crippen molar-refractivity contribution in [1.82, 2.24) is 9.97 Å². The normalized spacial score (nSPS) is 10.5. The van der Waals surface area contributed by atoms with Crippen molar-refractivity contribution in [2.24, 2.45) is 5.84 Å². The molecule has 8 heteroatoms. The van der Waals surface area contributed by atoms with Gasteiger partial charge in [-0.3, -0.25) is 5.43 Å². The monoisotopic (exact) mass is 283 g/mol. The number of nitrogens with two attached hydrogens (primary N) is 1. The van der Waals surface area contributed by atoms with E-state index in [0.29, 0.717) is 28.2 Å². The average Bonchev–Trinajstić information content (AvgIpc) is 2.41. The summed E-state index contributed by atoms with van der Waals surface area (Å²) < 4.78 is 24.9. The molecule has 0 aliphatic heterocycles. The van der Waals surface area contributed by atoms with E-state index in [9.17, 15) is 8.78 Å². The van der Waals surface area contributed by atoms with E-state index in [0.717, 1.165) is 0 Å². The standard InChI is InChI=1S/C11H11F2N5S/c12-10(13)19-8-4-2-1-3-7(8)16-9-5-6-15-11(17-9)18-14/h1-6,10H,14H2,(H2,15,16,17,18). The smallest absolute Gasteiger partial charge is 0.288 e. The van der Waals surface area contributed by atoms with E-state index >= 15 is 0 Å². The highest BCUT2D eigenvalue weighted by atomic mass is 32.2. The van der Waals surface area contributed by atoms with Crippen molar-refractivity contribution in [1.29, 1.82) is 0 Å². The molecular formula is C11H11F2N5S. The first kappa shape index (κ1) is 13.5. The van der Waals surface area contributed by atoms with Crippen molar-refractivity contribution >= 4 is 29.2 Å². The Morgan fingerprint density at radius 2 is 2.00 bits per heavy atom. The van der Waals surface area contributed by atoms with Crippen LogP contribution in [0.15, 0.2) is 41.4 Å². The van der Waals surface area contributed by atoms with Crippen LogP contribution >= 0.6 is 11.8 Å². The molecule has 0 aliphatic carbocycles. The van der Waals surface area contributed by atoms with Gasteiger partial charge in [0.1, 0.15) is 5.82 Å². The van der Waals surface area contributed by atoms with E-state index in [1.807, 2.05) is 0 Å². The quantitative estimate of drug-likeness (QED) is 0.445. The molecule has 1 aromatic carbocycles. The largest absolute Gasteiger partial charge is 0.339 e. The molecule has 0 amide bonds. The van der Waals surface area contributed by atoms with Crippen molar-refractivity contribution in [2.45, 2.75) is 10.7 Å². The SMILES string of the molecule is NNc1nccc(Nc2ccccc2SC(F)F)n1. The van der Waals surface area contributed by atoms with Gasteiger partial charge in [0, 0.05) is 11.1 Å². The average molecular weight is 283 g/mol. The summed E-state index contributed by atoms with van der Waals surface area (Å²) in [7, 11) is 0. The second-order valence-electron chi connectivity index (χ2n) is 3.41. The van der Waals surface area contributed by atoms with Crippen LogP contribution in [0.4, 0.5) is 26.2 Å². The van der Waals surface area contributed by atoms with E-state index < -0.39 is 5.76 Å². The predicted molar refractivity (Wildman–Crippen MR) is 71.4 cm³/mol. The molecule has 0 saturated heterocycles. The van der Waals surface area contributed by atoms with Gasteiger partial charge in [0.2, 0.25) is 5.95 Å². The van der Waals surface area contributed by atoms with Gasteiger partial charge < -0.3 is 5.32 Å². The second kappa shape index (κ2) is 6.30. The number of hydrogen-bond donors (Lipinski definition) is 3. The van der Waals surface area contributed by atoms with Crippen molar-refractivity contribution in [3.63, 3.8) is 0 Å². The number of nitrogens with zero attached hydrogens (tertiary/aromatic N) is 2. The van der Waals surface area contributed by atoms with Gasteiger partial charge in [-0.25, -0.2) is 10.8 Å². The van der Waals surface area contributed by atoms with Crippen molar-refractivity contribution in [3.8, 4) is 0 Å². The molecule has 19 heavy (non-hydrogen) atoms. The zero-order valence-corrected chi connectivity index (χ0v) is 10.5. The summed E-state index contributed by atoms with van der Waals surface area (Å²) in [5.41, 5.74) is 2.86. The second-order valence-corrected chi connectivity index (χ2v) is 4.44. The van der Waals surface area contributed by atoms with E-state index in [4.69, 9.17) is 5.84 Å². The number of hydrazine groups is 1. The summed E-state index contributed by atoms with van der Waals surface area (Å²) >= 11 is 0.475. The Balaban J connectivity index is 2.22. The lowest BCUT2D eigenvalue weighted by molar-refractivity contribution is 0.252. The number of halogens is 2. The minimum atomic E-state index is -2.48. The number of nitrogen functional groups attached to an aromatic ring is 1. The van der Waals surface area contributed by atoms with Crippen molar-refractivity contribution in [3.05, 3.63) is 36.5 Å². The molecule has 0 unspecified atom stereocenters. The van der Waals surface area contributed by atoms with Crippen LogP contribution in [0.5, 0.6) is 0 Å². The Labute approximate surface area is 112 Å². The van der Waals surface area contributed by atoms with Crippen LogP contribution in [0.25, 0.3) is 0 Å². The van der Waals surface area contributed by atoms with Crippen molar-refractivity contribution < 1.29 is 8.78 Å². The Morgan fingerprint density at radius 1 is 1.21 bits per heavy atom. The summed E-state index contributed by atoms with van der Waals surface area (Å²) in [4.78, 5) is 8.35. The first-order chi connectivity index (χ1) is 9.19. The number of rotatable bonds is 5. The first-order valence-corrected chi connectivity index (χ1v) is 6.17. The minimum Gasteiger partial charge on any atom is -0.339 e. The van der Waals surface area contributed by atoms with Gasteiger partial charge in [-0.1, -0.05) is 23.9 Å². The molecule has 100 valence electrons. The van der Waals surface area contributed by atoms with Crippen LogP contribution in [0.3, 0.4) is 0 Å². The number of nitrogens with one attached hydrogen (secondary N) is 2. The first-order valence-electron chi connectivity index (χ1n) is 5.29. The zero-order valence-electron chi connectivity index (χ0n) is 9.68. The fourth-order valence-corrected chi connectivity index (χ4v) is 2.00. The molecule has 0 atom stereocenters. The van der Waals surface area contributed by atoms with E-state index in [1.54, 1.807) is 30.3 Å². The Kier molecular flexibility index (Phi) is 4.48. The fourth-order valence-electron chi connectivity index (χ4n) is 1.40. The van der Waals surface area contributed by atoms with E-state index in [1.165, 1.54) is 6.20 Å². The number of aromatic nitrogens is 2. The third kappa shape index (κ3) is 3.76. The molecule has 1 aromatic heterocycles. The van der Waals surface area contributed by atoms with Gasteiger partial charge in [-0.2, -0.15) is 13.8 Å². The molecule has 0 aliphatic rings. The van der Waals surface area contributed by atoms with Gasteiger partial charge in [0.15, 0.2) is 0 Å². The summed E-state index contributed by atoms with van der Waals surface area (Å²) in [5.74, 6) is 3.43. The van der Waals surface area contributed by atoms with E-state index in [-0.39, 0.29) is 5.95 Å². The maximum Gasteiger partial charge on any atom is 0.288 e. The van der Waals surface area contributed by atoms with Gasteiger partial charge in [0.25, 0.3) is 5.76 Å². The lowest BCUT2D eigenvalue weighted by Gasteiger charge is -2.11. The number of para-hydroxylation sites is 1. The van der Waals surface area contributed by atoms with Crippen LogP contribution < -0.4 is 16.6 Å². The van der Waals surface area contributed by atoms with Gasteiger partial charge in [-0.05, 0) is 18.2 Å². The molecule has 0 bridgehead atoms. The molecule has 0 spiro atoms. The molecule has 0 fully saturated rings. The van der Waals surface area contributed by atoms with Crippen LogP contribution in [0.1, 0.15) is 0 Å². The highest BCUT2D eigenvalue weighted by Gasteiger charge is 2.10. The third-order valence-electron chi connectivity index (χ3n) is 2.15. The third-order valence-corrected chi connectivity index (χ3v) is 2.94. The molecule has 0 radical (unpaired) electrons. The van der Waals surface area contributed by atoms with Crippen LogP contribution in [-0.2, 0) is 0 Å². The van der Waals surface area contributed by atoms with Crippen LogP contribution in [0.2, 0.25) is 0 Å². The highest BCUT2D eigenvalue weighted by molar-refractivity contribution is 7.99. The maximum atomic E-state index is 12.4. The molecule has 4 N–H and O–H groups in total. The van der Waals surface area contributed by atoms with Gasteiger partial charge >= 0.3 is 0 Å². The van der Waals surface area contributed by atoms with Crippen LogP contribution in [0, 0.1) is 0 Å². The number of anilines is 3. The topological polar surface area (TPSA) is 75.9 Å². The Bertz CT molecular complexity index is 552. The minimum absolute atomic E-state index is 0.240. The number of benzene rings is 1. The summed E-state index contributed by atoms with van der Waals surface area (Å²) in [6.45, 7) is 0. The Morgan fingerprint density at radius 3 is 2.74 bits per heavy atom. The molecule has 5 nitrogen and oxygen atoms in total. The number of hydrogen-bond acceptors (Lipinski definition) is 6. The lowest BCUT2D eigenvalue weighted by atomic mass is 10.3.